The molecule has 0 aromatic heterocycles. The minimum atomic E-state index is -0.823. The largest absolute Gasteiger partial charge is 0.462 e. The Labute approximate surface area is 244 Å². The number of hydrogen-bond donors (Lipinski definition) is 1. The number of allylic oxidation sites excluding steroid dienone is 14. The summed E-state index contributed by atoms with van der Waals surface area (Å²) < 4.78 is 10.4. The van der Waals surface area contributed by atoms with Gasteiger partial charge in [-0.05, 0) is 70.6 Å². The molecule has 0 bridgehead atoms. The fourth-order valence-corrected chi connectivity index (χ4v) is 3.46. The normalized spacial score (nSPS) is 13.4. The van der Waals surface area contributed by atoms with Gasteiger partial charge in [0.05, 0.1) is 6.61 Å². The Kier molecular flexibility index (Phi) is 28.4. The van der Waals surface area contributed by atoms with Crippen LogP contribution in [0.4, 0.5) is 0 Å². The summed E-state index contributed by atoms with van der Waals surface area (Å²) in [6.07, 6.45) is 40.8. The number of hydrogen-bond acceptors (Lipinski definition) is 5. The average Bonchev–Trinajstić information content (AvgIpc) is 2.96. The van der Waals surface area contributed by atoms with Gasteiger partial charge in [0.25, 0.3) is 0 Å². The first-order chi connectivity index (χ1) is 19.6. The molecule has 40 heavy (non-hydrogen) atoms. The highest BCUT2D eigenvalue weighted by molar-refractivity contribution is 5.70. The van der Waals surface area contributed by atoms with E-state index in [9.17, 15) is 14.7 Å². The SMILES string of the molecule is CC/C=C\C/C=C\C/C=C\C/C=C\CCC(=O)OC(CO)COC(=O)CCCCC/C=C\C/C=C\C/C=C\CC. The van der Waals surface area contributed by atoms with E-state index in [-0.39, 0.29) is 25.6 Å². The number of carbonyl (C=O) groups excluding carboxylic acids is 2. The van der Waals surface area contributed by atoms with Crippen LogP contribution in [0.5, 0.6) is 0 Å². The topological polar surface area (TPSA) is 72.8 Å². The predicted molar refractivity (Wildman–Crippen MR) is 168 cm³/mol. The van der Waals surface area contributed by atoms with E-state index < -0.39 is 12.1 Å². The molecule has 0 amide bonds. The van der Waals surface area contributed by atoms with Crippen LogP contribution in [0, 0.1) is 0 Å². The molecule has 0 radical (unpaired) electrons. The van der Waals surface area contributed by atoms with E-state index in [1.165, 1.54) is 0 Å². The van der Waals surface area contributed by atoms with Gasteiger partial charge in [-0.1, -0.05) is 105 Å². The first-order valence-electron chi connectivity index (χ1n) is 15.1. The lowest BCUT2D eigenvalue weighted by molar-refractivity contribution is -0.161. The van der Waals surface area contributed by atoms with E-state index in [0.717, 1.165) is 70.6 Å². The highest BCUT2D eigenvalue weighted by Crippen LogP contribution is 2.07. The zero-order valence-corrected chi connectivity index (χ0v) is 25.1. The van der Waals surface area contributed by atoms with Crippen molar-refractivity contribution in [3.05, 3.63) is 85.1 Å². The van der Waals surface area contributed by atoms with E-state index in [1.807, 2.05) is 12.2 Å². The summed E-state index contributed by atoms with van der Waals surface area (Å²) in [5.41, 5.74) is 0. The minimum Gasteiger partial charge on any atom is -0.462 e. The average molecular weight is 555 g/mol. The Morgan fingerprint density at radius 1 is 0.575 bits per heavy atom. The Hall–Kier alpha value is -2.92. The van der Waals surface area contributed by atoms with Gasteiger partial charge in [0.15, 0.2) is 6.10 Å². The minimum absolute atomic E-state index is 0.116. The Balaban J connectivity index is 3.82. The number of unbranched alkanes of at least 4 members (excludes halogenated alkanes) is 3. The van der Waals surface area contributed by atoms with Gasteiger partial charge < -0.3 is 14.6 Å². The number of aliphatic hydroxyl groups is 1. The van der Waals surface area contributed by atoms with Gasteiger partial charge in [-0.2, -0.15) is 0 Å². The van der Waals surface area contributed by atoms with Gasteiger partial charge >= 0.3 is 11.9 Å². The van der Waals surface area contributed by atoms with E-state index in [2.05, 4.69) is 86.8 Å². The van der Waals surface area contributed by atoms with Crippen molar-refractivity contribution in [1.29, 1.82) is 0 Å². The lowest BCUT2D eigenvalue weighted by Crippen LogP contribution is -2.28. The maximum Gasteiger partial charge on any atom is 0.306 e. The highest BCUT2D eigenvalue weighted by Gasteiger charge is 2.15. The van der Waals surface area contributed by atoms with Crippen LogP contribution in [0.25, 0.3) is 0 Å². The Morgan fingerprint density at radius 2 is 1.05 bits per heavy atom. The van der Waals surface area contributed by atoms with Gasteiger partial charge in [-0.25, -0.2) is 0 Å². The van der Waals surface area contributed by atoms with Gasteiger partial charge in [0.2, 0.25) is 0 Å². The molecule has 1 unspecified atom stereocenters. The molecule has 0 aromatic rings. The van der Waals surface area contributed by atoms with Crippen molar-refractivity contribution in [3.8, 4) is 0 Å². The Morgan fingerprint density at radius 3 is 1.55 bits per heavy atom. The van der Waals surface area contributed by atoms with E-state index in [4.69, 9.17) is 9.47 Å². The van der Waals surface area contributed by atoms with Crippen LogP contribution in [0.1, 0.15) is 104 Å². The fraction of sp³-hybridized carbons (Fsp3) is 0.543. The first kappa shape index (κ1) is 37.1. The Bertz CT molecular complexity index is 814. The second-order valence-corrected chi connectivity index (χ2v) is 9.41. The van der Waals surface area contributed by atoms with Crippen molar-refractivity contribution >= 4 is 11.9 Å². The van der Waals surface area contributed by atoms with Crippen LogP contribution in [-0.4, -0.2) is 36.4 Å². The summed E-state index contributed by atoms with van der Waals surface area (Å²) in [5, 5.41) is 9.46. The van der Waals surface area contributed by atoms with Crippen LogP contribution < -0.4 is 0 Å². The molecule has 0 saturated heterocycles. The summed E-state index contributed by atoms with van der Waals surface area (Å²) in [7, 11) is 0. The monoisotopic (exact) mass is 554 g/mol. The van der Waals surface area contributed by atoms with Crippen molar-refractivity contribution in [1.82, 2.24) is 0 Å². The number of ether oxygens (including phenoxy) is 2. The molecule has 0 aliphatic rings. The molecule has 0 spiro atoms. The second kappa shape index (κ2) is 30.6. The van der Waals surface area contributed by atoms with Crippen LogP contribution in [0.15, 0.2) is 85.1 Å². The molecule has 1 N–H and O–H groups in total. The first-order valence-corrected chi connectivity index (χ1v) is 15.1. The molecule has 1 atom stereocenters. The second-order valence-electron chi connectivity index (χ2n) is 9.41. The van der Waals surface area contributed by atoms with Gasteiger partial charge in [-0.3, -0.25) is 9.59 Å². The third-order valence-electron chi connectivity index (χ3n) is 5.70. The molecule has 0 saturated carbocycles. The molecule has 0 aliphatic carbocycles. The molecule has 224 valence electrons. The predicted octanol–water partition coefficient (Wildman–Crippen LogP) is 8.83. The van der Waals surface area contributed by atoms with Crippen LogP contribution in [0.3, 0.4) is 0 Å². The number of carbonyl (C=O) groups is 2. The van der Waals surface area contributed by atoms with Crippen LogP contribution >= 0.6 is 0 Å². The summed E-state index contributed by atoms with van der Waals surface area (Å²) in [5.74, 6) is -0.735. The highest BCUT2D eigenvalue weighted by atomic mass is 16.6. The third-order valence-corrected chi connectivity index (χ3v) is 5.70. The lowest BCUT2D eigenvalue weighted by Gasteiger charge is -2.15. The zero-order chi connectivity index (χ0) is 29.4. The molecule has 0 aliphatic heterocycles. The van der Waals surface area contributed by atoms with Crippen molar-refractivity contribution in [3.63, 3.8) is 0 Å². The van der Waals surface area contributed by atoms with E-state index in [1.54, 1.807) is 0 Å². The smallest absolute Gasteiger partial charge is 0.306 e. The van der Waals surface area contributed by atoms with Crippen molar-refractivity contribution < 1.29 is 24.2 Å². The molecule has 0 heterocycles. The molecule has 5 nitrogen and oxygen atoms in total. The van der Waals surface area contributed by atoms with Crippen molar-refractivity contribution in [2.75, 3.05) is 13.2 Å². The van der Waals surface area contributed by atoms with Crippen molar-refractivity contribution in [2.24, 2.45) is 0 Å². The molecular weight excluding hydrogens is 500 g/mol. The quantitative estimate of drug-likeness (QED) is 0.0693. The van der Waals surface area contributed by atoms with Gasteiger partial charge in [0.1, 0.15) is 6.61 Å². The lowest BCUT2D eigenvalue weighted by atomic mass is 10.1. The van der Waals surface area contributed by atoms with Crippen LogP contribution in [-0.2, 0) is 19.1 Å². The molecule has 0 aromatic carbocycles. The van der Waals surface area contributed by atoms with Gasteiger partial charge in [0, 0.05) is 12.8 Å². The summed E-state index contributed by atoms with van der Waals surface area (Å²) in [6, 6.07) is 0. The number of esters is 2. The standard InChI is InChI=1S/C35H54O5/c1-3-5-7-9-11-13-15-17-19-21-23-25-27-29-34(37)39-32-33(31-36)40-35(38)30-28-26-24-22-20-18-16-14-12-10-8-6-4-2/h5-8,11-14,17-20,24,26,33,36H,3-4,9-10,15-16,21-23,25,27-32H2,1-2H3/b7-5-,8-6-,13-11-,14-12-,19-17-,20-18-,26-24-. The summed E-state index contributed by atoms with van der Waals surface area (Å²) >= 11 is 0. The maximum absolute atomic E-state index is 12.0. The van der Waals surface area contributed by atoms with Crippen molar-refractivity contribution in [2.45, 2.75) is 110 Å². The molecule has 5 heteroatoms. The van der Waals surface area contributed by atoms with E-state index >= 15 is 0 Å². The summed E-state index contributed by atoms with van der Waals surface area (Å²) in [6.45, 7) is 3.77. The number of aliphatic hydroxyl groups excluding tert-OH is 1. The zero-order valence-electron chi connectivity index (χ0n) is 25.1. The summed E-state index contributed by atoms with van der Waals surface area (Å²) in [4.78, 5) is 24.0. The molecule has 0 rings (SSSR count). The number of rotatable bonds is 25. The molecular formula is C35H54O5. The maximum atomic E-state index is 12.0. The van der Waals surface area contributed by atoms with E-state index in [0.29, 0.717) is 12.8 Å². The fourth-order valence-electron chi connectivity index (χ4n) is 3.46. The third kappa shape index (κ3) is 28.1. The van der Waals surface area contributed by atoms with Crippen LogP contribution in [0.2, 0.25) is 0 Å². The molecule has 0 fully saturated rings. The van der Waals surface area contributed by atoms with Gasteiger partial charge in [-0.15, -0.1) is 0 Å².